The third-order valence-corrected chi connectivity index (χ3v) is 23.9. The highest BCUT2D eigenvalue weighted by Crippen LogP contribution is 2.41. The largest absolute Gasteiger partial charge is 0.397 e. The van der Waals surface area contributed by atoms with E-state index in [1.165, 1.54) is 6.92 Å². The first-order valence-electron chi connectivity index (χ1n) is 41.6. The lowest BCUT2D eigenvalue weighted by Gasteiger charge is -2.51. The first kappa shape index (κ1) is 109. The van der Waals surface area contributed by atoms with Gasteiger partial charge in [-0.05, 0) is 6.92 Å². The van der Waals surface area contributed by atoms with Crippen LogP contribution in [0.3, 0.4) is 0 Å². The molecule has 50 atom stereocenters. The molecule has 0 aromatic rings. The summed E-state index contributed by atoms with van der Waals surface area (Å²) in [4.78, 5) is 77.1. The van der Waals surface area contributed by atoms with E-state index < -0.39 is 412 Å². The fourth-order valence-corrected chi connectivity index (χ4v) is 17.4. The minimum atomic E-state index is -5.46. The molecule has 31 N–H and O–H groups in total. The summed E-state index contributed by atoms with van der Waals surface area (Å²) in [7, 11) is -5.46. The van der Waals surface area contributed by atoms with Crippen molar-refractivity contribution in [3.05, 3.63) is 0 Å². The number of rotatable bonds is 35. The van der Waals surface area contributed by atoms with Crippen LogP contribution >= 0.6 is 0 Å². The lowest BCUT2D eigenvalue weighted by atomic mass is 9.93. The van der Waals surface area contributed by atoms with Gasteiger partial charge in [0.05, 0.1) is 65.6 Å². The van der Waals surface area contributed by atoms with Crippen molar-refractivity contribution in [2.24, 2.45) is 0 Å². The predicted molar refractivity (Wildman–Crippen MR) is 408 cm³/mol. The number of hydrogen-bond donors (Lipinski definition) is 31. The van der Waals surface area contributed by atoms with Crippen LogP contribution in [0.25, 0.3) is 0 Å². The van der Waals surface area contributed by atoms with Gasteiger partial charge in [-0.2, -0.15) is 8.42 Å². The first-order chi connectivity index (χ1) is 62.1. The lowest BCUT2D eigenvalue weighted by Crippen LogP contribution is -2.71. The Kier molecular flexibility index (Phi) is 39.0. The maximum absolute atomic E-state index is 13.3. The molecule has 0 radical (unpaired) electrons. The van der Waals surface area contributed by atoms with Crippen molar-refractivity contribution in [3.63, 3.8) is 0 Å². The molecule has 0 bridgehead atoms. The van der Waals surface area contributed by atoms with Gasteiger partial charge >= 0.3 is 10.4 Å². The quantitative estimate of drug-likeness (QED) is 0.0262. The van der Waals surface area contributed by atoms with Crippen LogP contribution in [0, 0.1) is 0 Å². The minimum absolute atomic E-state index is 0.822. The van der Waals surface area contributed by atoms with E-state index >= 15 is 0 Å². The van der Waals surface area contributed by atoms with E-state index in [9.17, 15) is 164 Å². The fourth-order valence-electron chi connectivity index (χ4n) is 16.8. The zero-order valence-corrected chi connectivity index (χ0v) is 72.1. The van der Waals surface area contributed by atoms with Gasteiger partial charge in [-0.25, -0.2) is 4.18 Å². The van der Waals surface area contributed by atoms with Gasteiger partial charge in [-0.1, -0.05) is 0 Å². The van der Waals surface area contributed by atoms with Gasteiger partial charge < -0.3 is 244 Å². The number of carbonyl (C=O) groups excluding carboxylic acids is 6. The number of aliphatic hydroxyl groups is 24. The Bertz CT molecular complexity index is 3840. The Morgan fingerprint density at radius 1 is 0.250 bits per heavy atom. The lowest BCUT2D eigenvalue weighted by molar-refractivity contribution is -0.398. The zero-order valence-electron chi connectivity index (χ0n) is 71.3. The van der Waals surface area contributed by atoms with Crippen molar-refractivity contribution in [3.8, 4) is 0 Å². The smallest absolute Gasteiger partial charge is 0.394 e. The highest BCUT2D eigenvalue weighted by atomic mass is 32.3. The van der Waals surface area contributed by atoms with Gasteiger partial charge in [0.25, 0.3) is 0 Å². The van der Waals surface area contributed by atoms with Crippen LogP contribution in [-0.2, 0) is 133 Å². The molecule has 10 rings (SSSR count). The Hall–Kier alpha value is -5.03. The normalized spacial score (nSPS) is 46.8. The van der Waals surface area contributed by atoms with Crippen molar-refractivity contribution in [1.29, 1.82) is 0 Å². The molecule has 0 aromatic carbocycles. The molecule has 10 aliphatic rings. The number of carbonyl (C=O) groups is 6. The Labute approximate surface area is 748 Å². The van der Waals surface area contributed by atoms with Gasteiger partial charge in [0.2, 0.25) is 35.4 Å². The molecule has 0 saturated carbocycles. The maximum Gasteiger partial charge on any atom is 0.397 e. The summed E-state index contributed by atoms with van der Waals surface area (Å²) in [5, 5.41) is 287. The van der Waals surface area contributed by atoms with Crippen molar-refractivity contribution < 1.29 is 258 Å². The molecule has 60 heteroatoms. The first-order valence-corrected chi connectivity index (χ1v) is 43.0. The van der Waals surface area contributed by atoms with Gasteiger partial charge in [0.1, 0.15) is 238 Å². The second-order valence-corrected chi connectivity index (χ2v) is 34.0. The van der Waals surface area contributed by atoms with Crippen LogP contribution < -0.4 is 31.9 Å². The van der Waals surface area contributed by atoms with Crippen LogP contribution in [-0.4, -0.2) is 537 Å². The third kappa shape index (κ3) is 25.2. The zero-order chi connectivity index (χ0) is 97.6. The van der Waals surface area contributed by atoms with E-state index in [1.54, 1.807) is 0 Å². The standard InChI is InChI=1S/C72H120N6O53S/c1-17-39(92)50(103)53(106)69(114-17)112-16-32-58(45(98)33(63(108)115-32)73-18(2)86)126-65-35(75-20(4)88)48(101)57(29(13-84)119-65)127-70-54(107)60(128-72-62(52(105)42(95)26(10-81)118-72)130-68-37(77-22(6)90)47(100)56(28(12-83)121-68)125-66-38(78-23(7)91)49(102)59(30(14-85)122-66)131-132(109,110)111)43(96)31(123-70)15-113-71-61(51(104)41(94)25(9-80)117-71)129-67-36(76-21(5)89)46(99)55(27(11-82)120-67)124-64-34(74-19(3)87)44(97)40(93)24(8-79)116-64/h17,24-72,79-85,92-108H,8-16H2,1-7H3,(H,73,86)(H,74,87)(H,75,88)(H,76,89)(H,77,90)(H,78,91)(H,109,110,111)/t17-,24+,25+,26+,27+,28+,29+,30+,31+,32+,33+,34+,35+,36+,37-,38+,39+,40-,41+,42+,43+,44+,45+,46+,47+,48+,49+,50+,51-,52-,53-,54-,55+,56+,57+,58+,59-,60-,61-,62-,63?,64-,65-,66-,67-,68-,69+,70-,71-,72+/m0/s1. The molecule has 0 spiro atoms. The summed E-state index contributed by atoms with van der Waals surface area (Å²) in [6, 6.07) is -11.5. The maximum atomic E-state index is 13.3. The molecule has 1 unspecified atom stereocenters. The van der Waals surface area contributed by atoms with Crippen LogP contribution in [0.5, 0.6) is 0 Å². The Morgan fingerprint density at radius 3 is 0.917 bits per heavy atom. The summed E-state index contributed by atoms with van der Waals surface area (Å²) < 4.78 is 152. The molecule has 762 valence electrons. The average Bonchev–Trinajstić information content (AvgIpc) is 0.762. The van der Waals surface area contributed by atoms with Crippen molar-refractivity contribution in [2.45, 2.75) is 355 Å². The number of amides is 6. The van der Waals surface area contributed by atoms with E-state index in [1.807, 2.05) is 0 Å². The fraction of sp³-hybridized carbons (Fsp3) is 0.917. The molecule has 10 aliphatic heterocycles. The summed E-state index contributed by atoms with van der Waals surface area (Å²) in [6.07, 6.45) is -93.5. The molecule has 6 amide bonds. The second kappa shape index (κ2) is 47.3. The van der Waals surface area contributed by atoms with E-state index in [0.29, 0.717) is 0 Å². The topological polar surface area (TPSA) is 899 Å². The molecule has 10 saturated heterocycles. The molecule has 132 heavy (non-hydrogen) atoms. The van der Waals surface area contributed by atoms with Crippen molar-refractivity contribution >= 4 is 45.8 Å². The Morgan fingerprint density at radius 2 is 0.530 bits per heavy atom. The third-order valence-electron chi connectivity index (χ3n) is 23.4. The monoisotopic (exact) mass is 1950 g/mol. The SMILES string of the molecule is CC(=O)N[C@@H]1[C@H](O[C@@H]2[C@@H](O[C@@H]3[C@H](O)[C@H](O[C@H]4[C@H](O)[C@@H](NC(C)=O)[C@H](O[C@H]5[C@H](O)[C@@H](NC(C)=O)C(O)O[C@@H]5CO[C@@H]5O[C@@H](C)[C@@H](O)[C@@H](O)[C@@H]5O)O[C@@H]4CO)O[C@H](CO[C@H]4O[C@H](CO)[C@@H](O)[C@H](O)[C@@H]4O[C@@H]4O[C@H](CO)[C@@H](O[C@@H]5O[C@H](CO)[C@H](O)[C@H](O)[C@H]5NC(C)=O)[C@H](O)[C@H]4NC(C)=O)[C@H]3O)O[C@H](CO)[C@@H](O)[C@@H]2O)O[C@H](CO)[C@@H](O[C@@H]2O[C@H](CO)[C@H](OS(=O)(=O)O)[C@H](O)[C@H]2NC(C)=O)[C@@H]1O. The molecule has 0 aromatic heterocycles. The van der Waals surface area contributed by atoms with Gasteiger partial charge in [-0.15, -0.1) is 0 Å². The van der Waals surface area contributed by atoms with E-state index in [2.05, 4.69) is 36.1 Å². The number of hydrogen-bond acceptors (Lipinski definition) is 52. The highest BCUT2D eigenvalue weighted by molar-refractivity contribution is 7.80. The number of aliphatic hydroxyl groups excluding tert-OH is 24. The molecule has 0 aliphatic carbocycles. The number of ether oxygens (including phenoxy) is 19. The van der Waals surface area contributed by atoms with E-state index in [0.717, 1.165) is 41.5 Å². The summed E-state index contributed by atoms with van der Waals surface area (Å²) >= 11 is 0. The predicted octanol–water partition coefficient (Wildman–Crippen LogP) is -21.1. The molecule has 10 heterocycles. The molecular weight excluding hydrogens is 1830 g/mol. The number of nitrogens with one attached hydrogen (secondary N) is 6. The van der Waals surface area contributed by atoms with Gasteiger partial charge in [0, 0.05) is 41.5 Å². The highest BCUT2D eigenvalue weighted by Gasteiger charge is 2.62. The van der Waals surface area contributed by atoms with Crippen LogP contribution in [0.15, 0.2) is 0 Å². The minimum Gasteiger partial charge on any atom is -0.394 e. The molecular formula is C72H120N6O53S. The molecule has 59 nitrogen and oxygen atoms in total. The summed E-state index contributed by atoms with van der Waals surface area (Å²) in [5.74, 6) is -5.68. The van der Waals surface area contributed by atoms with Gasteiger partial charge in [-0.3, -0.25) is 33.3 Å². The summed E-state index contributed by atoms with van der Waals surface area (Å²) in [6.45, 7) is -3.58. The van der Waals surface area contributed by atoms with Crippen LogP contribution in [0.2, 0.25) is 0 Å². The average molecular weight is 1950 g/mol. The molecule has 10 fully saturated rings. The summed E-state index contributed by atoms with van der Waals surface area (Å²) in [5.41, 5.74) is 0. The van der Waals surface area contributed by atoms with Crippen molar-refractivity contribution in [2.75, 3.05) is 59.5 Å². The van der Waals surface area contributed by atoms with Crippen molar-refractivity contribution in [1.82, 2.24) is 31.9 Å². The van der Waals surface area contributed by atoms with E-state index in [-0.39, 0.29) is 0 Å². The van der Waals surface area contributed by atoms with Crippen LogP contribution in [0.4, 0.5) is 0 Å². The van der Waals surface area contributed by atoms with Gasteiger partial charge in [0.15, 0.2) is 62.9 Å². The van der Waals surface area contributed by atoms with Crippen LogP contribution in [0.1, 0.15) is 48.5 Å². The second-order valence-electron chi connectivity index (χ2n) is 33.0. The van der Waals surface area contributed by atoms with E-state index in [4.69, 9.17) is 90.0 Å². The Balaban J connectivity index is 0.996.